The number of benzene rings is 2. The molecule has 2 aromatic carbocycles. The summed E-state index contributed by atoms with van der Waals surface area (Å²) in [5.74, 6) is 0. The normalized spacial score (nSPS) is 22.6. The highest BCUT2D eigenvalue weighted by molar-refractivity contribution is 6.84. The van der Waals surface area contributed by atoms with Crippen LogP contribution in [-0.2, 0) is 21.7 Å². The molecular formula is C40H54Si. The van der Waals surface area contributed by atoms with Gasteiger partial charge >= 0.3 is 0 Å². The number of hydrogen-bond donors (Lipinski definition) is 0. The Labute approximate surface area is 251 Å². The van der Waals surface area contributed by atoms with Gasteiger partial charge in [0.2, 0.25) is 0 Å². The summed E-state index contributed by atoms with van der Waals surface area (Å²) in [4.78, 5) is 0. The Hall–Kier alpha value is -2.12. The summed E-state index contributed by atoms with van der Waals surface area (Å²) in [6.07, 6.45) is 13.9. The van der Waals surface area contributed by atoms with Crippen LogP contribution in [-0.4, -0.2) is 8.07 Å². The van der Waals surface area contributed by atoms with Crippen LogP contribution in [0.3, 0.4) is 0 Å². The molecule has 0 heterocycles. The van der Waals surface area contributed by atoms with Gasteiger partial charge in [-0.1, -0.05) is 104 Å². The molecule has 0 fully saturated rings. The smallest absolute Gasteiger partial charge is 0.0772 e. The van der Waals surface area contributed by atoms with Crippen molar-refractivity contribution in [2.45, 2.75) is 143 Å². The first kappa shape index (κ1) is 29.0. The molecule has 0 nitrogen and oxygen atoms in total. The largest absolute Gasteiger partial charge is 0.0808 e. The summed E-state index contributed by atoms with van der Waals surface area (Å²) < 4.78 is 0. The first-order valence-corrected chi connectivity index (χ1v) is 19.8. The summed E-state index contributed by atoms with van der Waals surface area (Å²) in [6, 6.07) is 5.25. The molecule has 0 radical (unpaired) electrons. The van der Waals surface area contributed by atoms with Crippen molar-refractivity contribution in [2.24, 2.45) is 0 Å². The topological polar surface area (TPSA) is 0 Å². The summed E-state index contributed by atoms with van der Waals surface area (Å²) in [7, 11) is -1.40. The third-order valence-corrected chi connectivity index (χ3v) is 13.5. The summed E-state index contributed by atoms with van der Waals surface area (Å²) in [5, 5.41) is 7.64. The molecule has 0 saturated heterocycles. The van der Waals surface area contributed by atoms with E-state index in [4.69, 9.17) is 0 Å². The molecule has 0 atom stereocenters. The lowest BCUT2D eigenvalue weighted by Gasteiger charge is -2.44. The van der Waals surface area contributed by atoms with Crippen molar-refractivity contribution in [3.05, 3.63) is 83.7 Å². The highest BCUT2D eigenvalue weighted by Gasteiger charge is 2.43. The standard InChI is InChI=1S/C40H54Si/c1-24(2)32-34-28-23-31-30(37(3,4)16-17-38(31,5)6)22-26(28)21-29(34)33(25-14-15-27(20-25)41(11,12)13)36-35(32)39(7,8)18-19-40(36,9)10/h15,20-23H,14,16-19H2,1-13H3. The average Bonchev–Trinajstić information content (AvgIpc) is 3.48. The summed E-state index contributed by atoms with van der Waals surface area (Å²) in [5.41, 5.74) is 13.3. The van der Waals surface area contributed by atoms with Crippen molar-refractivity contribution in [1.29, 1.82) is 0 Å². The molecule has 0 spiro atoms. The van der Waals surface area contributed by atoms with E-state index in [1.54, 1.807) is 43.8 Å². The van der Waals surface area contributed by atoms with Crippen molar-refractivity contribution < 1.29 is 0 Å². The number of fused-ring (bicyclic) bond motifs is 4. The maximum atomic E-state index is 2.65. The van der Waals surface area contributed by atoms with Gasteiger partial charge in [-0.2, -0.15) is 0 Å². The van der Waals surface area contributed by atoms with Crippen LogP contribution in [0.1, 0.15) is 135 Å². The van der Waals surface area contributed by atoms with E-state index in [2.05, 4.69) is 119 Å². The van der Waals surface area contributed by atoms with Crippen LogP contribution in [0.4, 0.5) is 0 Å². The molecule has 1 heteroatoms. The van der Waals surface area contributed by atoms with Crippen LogP contribution in [0.15, 0.2) is 29.5 Å². The highest BCUT2D eigenvalue weighted by atomic mass is 28.3. The van der Waals surface area contributed by atoms with E-state index in [1.807, 2.05) is 0 Å². The van der Waals surface area contributed by atoms with E-state index >= 15 is 0 Å². The zero-order valence-corrected chi connectivity index (χ0v) is 29.4. The fraction of sp³-hybridized carbons (Fsp3) is 0.550. The number of allylic oxidation sites excluding steroid dienone is 4. The Morgan fingerprint density at radius 3 is 1.76 bits per heavy atom. The lowest BCUT2D eigenvalue weighted by atomic mass is 9.60. The van der Waals surface area contributed by atoms with Gasteiger partial charge in [0.25, 0.3) is 0 Å². The zero-order valence-electron chi connectivity index (χ0n) is 28.4. The van der Waals surface area contributed by atoms with Crippen LogP contribution in [0.2, 0.25) is 19.6 Å². The van der Waals surface area contributed by atoms with Crippen molar-refractivity contribution >= 4 is 25.3 Å². The highest BCUT2D eigenvalue weighted by Crippen LogP contribution is 2.51. The minimum atomic E-state index is -1.40. The van der Waals surface area contributed by atoms with Crippen LogP contribution in [0.25, 0.3) is 17.2 Å². The average molecular weight is 563 g/mol. The molecule has 2 aromatic rings. The molecule has 0 bridgehead atoms. The van der Waals surface area contributed by atoms with E-state index in [9.17, 15) is 0 Å². The van der Waals surface area contributed by atoms with Crippen LogP contribution < -0.4 is 10.4 Å². The van der Waals surface area contributed by atoms with Crippen molar-refractivity contribution in [3.8, 4) is 0 Å². The Kier molecular flexibility index (Phi) is 6.16. The lowest BCUT2D eigenvalue weighted by Crippen LogP contribution is -2.41. The maximum Gasteiger partial charge on any atom is 0.0772 e. The van der Waals surface area contributed by atoms with Crippen LogP contribution in [0, 0.1) is 10.4 Å². The fourth-order valence-electron chi connectivity index (χ4n) is 8.60. The summed E-state index contributed by atoms with van der Waals surface area (Å²) in [6.45, 7) is 32.2. The number of rotatable bonds is 2. The van der Waals surface area contributed by atoms with Crippen LogP contribution in [0.5, 0.6) is 0 Å². The molecule has 218 valence electrons. The van der Waals surface area contributed by atoms with Gasteiger partial charge in [-0.3, -0.25) is 0 Å². The molecule has 4 aliphatic carbocycles. The maximum absolute atomic E-state index is 2.65. The Bertz CT molecular complexity index is 1790. The Morgan fingerprint density at radius 2 is 1.22 bits per heavy atom. The number of hydrogen-bond acceptors (Lipinski definition) is 0. The van der Waals surface area contributed by atoms with Crippen molar-refractivity contribution in [1.82, 2.24) is 0 Å². The van der Waals surface area contributed by atoms with E-state index in [-0.39, 0.29) is 21.7 Å². The molecule has 0 aliphatic heterocycles. The van der Waals surface area contributed by atoms with Gasteiger partial charge in [0.1, 0.15) is 0 Å². The predicted molar refractivity (Wildman–Crippen MR) is 183 cm³/mol. The van der Waals surface area contributed by atoms with Gasteiger partial charge in [-0.25, -0.2) is 0 Å². The van der Waals surface area contributed by atoms with Crippen LogP contribution >= 0.6 is 0 Å². The van der Waals surface area contributed by atoms with Gasteiger partial charge in [0.05, 0.1) is 8.07 Å². The fourth-order valence-corrected chi connectivity index (χ4v) is 9.92. The van der Waals surface area contributed by atoms with E-state index in [0.717, 1.165) is 6.42 Å². The molecule has 4 aliphatic rings. The molecule has 41 heavy (non-hydrogen) atoms. The predicted octanol–water partition coefficient (Wildman–Crippen LogP) is 9.60. The summed E-state index contributed by atoms with van der Waals surface area (Å²) >= 11 is 0. The van der Waals surface area contributed by atoms with Crippen molar-refractivity contribution in [2.75, 3.05) is 0 Å². The molecule has 0 amide bonds. The van der Waals surface area contributed by atoms with Gasteiger partial charge in [0.15, 0.2) is 0 Å². The second-order valence-electron chi connectivity index (χ2n) is 17.7. The van der Waals surface area contributed by atoms with Gasteiger partial charge in [-0.05, 0) is 140 Å². The lowest BCUT2D eigenvalue weighted by molar-refractivity contribution is 0.329. The second kappa shape index (κ2) is 8.72. The van der Waals surface area contributed by atoms with E-state index in [0.29, 0.717) is 0 Å². The quantitative estimate of drug-likeness (QED) is 0.273. The second-order valence-corrected chi connectivity index (χ2v) is 22.8. The zero-order chi connectivity index (χ0) is 30.1. The molecule has 0 N–H and O–H groups in total. The molecule has 0 aromatic heterocycles. The Balaban J connectivity index is 1.87. The Morgan fingerprint density at radius 1 is 0.683 bits per heavy atom. The first-order chi connectivity index (χ1) is 18.8. The third-order valence-electron chi connectivity index (χ3n) is 11.4. The molecule has 6 rings (SSSR count). The molecule has 0 saturated carbocycles. The van der Waals surface area contributed by atoms with Gasteiger partial charge in [-0.15, -0.1) is 0 Å². The van der Waals surface area contributed by atoms with Gasteiger partial charge < -0.3 is 0 Å². The molecular weight excluding hydrogens is 509 g/mol. The van der Waals surface area contributed by atoms with Gasteiger partial charge in [0, 0.05) is 0 Å². The minimum Gasteiger partial charge on any atom is -0.0808 e. The monoisotopic (exact) mass is 562 g/mol. The SMILES string of the molecule is CC(C)=c1c2c(c(C3=CC([Si](C)(C)C)=CC3)c3c1=c1cc4c(cc1=C3)C(C)(C)CCC4(C)C)C(C)(C)CCC2(C)C. The van der Waals surface area contributed by atoms with Crippen molar-refractivity contribution in [3.63, 3.8) is 0 Å². The minimum absolute atomic E-state index is 0.146. The van der Waals surface area contributed by atoms with E-state index < -0.39 is 8.07 Å². The molecule has 0 unspecified atom stereocenters. The first-order valence-electron chi connectivity index (χ1n) is 16.3. The van der Waals surface area contributed by atoms with E-state index in [1.165, 1.54) is 52.5 Å². The third kappa shape index (κ3) is 4.27.